The summed E-state index contributed by atoms with van der Waals surface area (Å²) in [5.74, 6) is 0.0382. The highest BCUT2D eigenvalue weighted by Gasteiger charge is 2.25. The molecule has 20 heavy (non-hydrogen) atoms. The zero-order valence-electron chi connectivity index (χ0n) is 11.0. The fraction of sp³-hybridized carbons (Fsp3) is 0.429. The Hall–Kier alpha value is -1.37. The molecule has 1 aliphatic rings. The number of thioether (sulfide) groups is 1. The summed E-state index contributed by atoms with van der Waals surface area (Å²) in [6, 6.07) is 4.94. The van der Waals surface area contributed by atoms with Crippen LogP contribution in [0.15, 0.2) is 18.2 Å². The third kappa shape index (κ3) is 3.39. The molecule has 0 saturated carbocycles. The van der Waals surface area contributed by atoms with E-state index < -0.39 is 18.2 Å². The van der Waals surface area contributed by atoms with Gasteiger partial charge in [-0.05, 0) is 18.1 Å². The Kier molecular flexibility index (Phi) is 4.80. The van der Waals surface area contributed by atoms with Crippen LogP contribution in [-0.4, -0.2) is 33.2 Å². The first-order valence-corrected chi connectivity index (χ1v) is 7.27. The number of hydrogen-bond donors (Lipinski definition) is 2. The predicted molar refractivity (Wildman–Crippen MR) is 74.3 cm³/mol. The summed E-state index contributed by atoms with van der Waals surface area (Å²) in [5, 5.41) is 20.0. The van der Waals surface area contributed by atoms with Gasteiger partial charge in [0, 0.05) is 18.2 Å². The number of ether oxygens (including phenoxy) is 1. The van der Waals surface area contributed by atoms with Gasteiger partial charge in [0.2, 0.25) is 0 Å². The first-order valence-electron chi connectivity index (χ1n) is 6.28. The summed E-state index contributed by atoms with van der Waals surface area (Å²) >= 11 is 1.11. The van der Waals surface area contributed by atoms with Gasteiger partial charge in [-0.1, -0.05) is 23.9 Å². The Morgan fingerprint density at radius 3 is 2.90 bits per heavy atom. The maximum atomic E-state index is 11.5. The second kappa shape index (κ2) is 6.39. The molecule has 1 aromatic carbocycles. The summed E-state index contributed by atoms with van der Waals surface area (Å²) < 4.78 is 4.89. The van der Waals surface area contributed by atoms with Crippen LogP contribution in [0.5, 0.6) is 0 Å². The summed E-state index contributed by atoms with van der Waals surface area (Å²) in [6.45, 7) is 1.71. The second-order valence-corrected chi connectivity index (χ2v) is 5.91. The van der Waals surface area contributed by atoms with E-state index in [1.54, 1.807) is 18.2 Å². The van der Waals surface area contributed by atoms with Gasteiger partial charge in [0.05, 0.1) is 11.7 Å². The average Bonchev–Trinajstić information content (AvgIpc) is 2.78. The van der Waals surface area contributed by atoms with Crippen molar-refractivity contribution in [2.45, 2.75) is 32.2 Å². The minimum absolute atomic E-state index is 0.0213. The van der Waals surface area contributed by atoms with Crippen molar-refractivity contribution < 1.29 is 24.5 Å². The van der Waals surface area contributed by atoms with Crippen LogP contribution in [-0.2, 0) is 16.1 Å². The SMILES string of the molecule is CC(=O)SCCC(O)C(O)c1ccc2c(c1)C(=O)OC2. The number of carbonyl (C=O) groups is 2. The van der Waals surface area contributed by atoms with Crippen LogP contribution in [0.4, 0.5) is 0 Å². The Balaban J connectivity index is 2.02. The van der Waals surface area contributed by atoms with Gasteiger partial charge in [0.1, 0.15) is 12.7 Å². The minimum Gasteiger partial charge on any atom is -0.457 e. The molecule has 0 bridgehead atoms. The van der Waals surface area contributed by atoms with Crippen molar-refractivity contribution in [3.8, 4) is 0 Å². The molecule has 2 N–H and O–H groups in total. The van der Waals surface area contributed by atoms with Crippen LogP contribution in [0.2, 0.25) is 0 Å². The molecular weight excluding hydrogens is 280 g/mol. The first kappa shape index (κ1) is 15.0. The van der Waals surface area contributed by atoms with Gasteiger partial charge in [-0.2, -0.15) is 0 Å². The molecule has 0 saturated heterocycles. The summed E-state index contributed by atoms with van der Waals surface area (Å²) in [4.78, 5) is 22.2. The molecule has 1 aliphatic heterocycles. The van der Waals surface area contributed by atoms with E-state index in [1.165, 1.54) is 6.92 Å². The van der Waals surface area contributed by atoms with Gasteiger partial charge in [0.25, 0.3) is 0 Å². The highest BCUT2D eigenvalue weighted by atomic mass is 32.2. The highest BCUT2D eigenvalue weighted by molar-refractivity contribution is 8.13. The number of benzene rings is 1. The Bertz CT molecular complexity index is 528. The number of aliphatic hydroxyl groups excluding tert-OH is 2. The molecule has 1 heterocycles. The third-order valence-corrected chi connectivity index (χ3v) is 3.98. The average molecular weight is 296 g/mol. The summed E-state index contributed by atoms with van der Waals surface area (Å²) in [7, 11) is 0. The maximum absolute atomic E-state index is 11.5. The van der Waals surface area contributed by atoms with Gasteiger partial charge in [-0.25, -0.2) is 4.79 Å². The molecule has 1 aromatic rings. The van der Waals surface area contributed by atoms with Crippen LogP contribution in [0.25, 0.3) is 0 Å². The van der Waals surface area contributed by atoms with Crippen molar-refractivity contribution in [3.63, 3.8) is 0 Å². The quantitative estimate of drug-likeness (QED) is 0.800. The Morgan fingerprint density at radius 2 is 2.20 bits per heavy atom. The lowest BCUT2D eigenvalue weighted by atomic mass is 9.98. The number of aliphatic hydroxyl groups is 2. The van der Waals surface area contributed by atoms with E-state index in [2.05, 4.69) is 0 Å². The molecule has 2 rings (SSSR count). The van der Waals surface area contributed by atoms with E-state index in [-0.39, 0.29) is 11.7 Å². The molecule has 0 spiro atoms. The highest BCUT2D eigenvalue weighted by Crippen LogP contribution is 2.26. The van der Waals surface area contributed by atoms with Gasteiger partial charge < -0.3 is 14.9 Å². The number of carbonyl (C=O) groups excluding carboxylic acids is 2. The smallest absolute Gasteiger partial charge is 0.338 e. The largest absolute Gasteiger partial charge is 0.457 e. The van der Waals surface area contributed by atoms with Crippen molar-refractivity contribution in [2.75, 3.05) is 5.75 Å². The zero-order valence-corrected chi connectivity index (χ0v) is 11.9. The van der Waals surface area contributed by atoms with E-state index in [0.29, 0.717) is 23.3 Å². The maximum Gasteiger partial charge on any atom is 0.338 e. The van der Waals surface area contributed by atoms with Crippen molar-refractivity contribution in [3.05, 3.63) is 34.9 Å². The van der Waals surface area contributed by atoms with Crippen LogP contribution >= 0.6 is 11.8 Å². The first-order chi connectivity index (χ1) is 9.49. The standard InChI is InChI=1S/C14H16O5S/c1-8(15)20-5-4-12(16)13(17)9-2-3-10-7-19-14(18)11(10)6-9/h2-3,6,12-13,16-17H,4-5,7H2,1H3. The summed E-state index contributed by atoms with van der Waals surface area (Å²) in [6.07, 6.45) is -1.76. The van der Waals surface area contributed by atoms with E-state index in [1.807, 2.05) is 0 Å². The molecule has 0 fully saturated rings. The monoisotopic (exact) mass is 296 g/mol. The number of cyclic esters (lactones) is 1. The van der Waals surface area contributed by atoms with Crippen LogP contribution in [0.1, 0.15) is 40.9 Å². The zero-order chi connectivity index (χ0) is 14.7. The molecule has 0 aliphatic carbocycles. The molecule has 108 valence electrons. The van der Waals surface area contributed by atoms with E-state index in [4.69, 9.17) is 4.74 Å². The van der Waals surface area contributed by atoms with Gasteiger partial charge in [-0.15, -0.1) is 0 Å². The topological polar surface area (TPSA) is 83.8 Å². The number of fused-ring (bicyclic) bond motifs is 1. The van der Waals surface area contributed by atoms with Crippen molar-refractivity contribution in [2.24, 2.45) is 0 Å². The van der Waals surface area contributed by atoms with E-state index >= 15 is 0 Å². The van der Waals surface area contributed by atoms with Crippen LogP contribution in [0.3, 0.4) is 0 Å². The molecular formula is C14H16O5S. The van der Waals surface area contributed by atoms with Crippen molar-refractivity contribution >= 4 is 22.8 Å². The number of esters is 1. The van der Waals surface area contributed by atoms with E-state index in [0.717, 1.165) is 17.3 Å². The van der Waals surface area contributed by atoms with Crippen molar-refractivity contribution in [1.29, 1.82) is 0 Å². The molecule has 0 amide bonds. The summed E-state index contributed by atoms with van der Waals surface area (Å²) in [5.41, 5.74) is 1.70. The van der Waals surface area contributed by atoms with E-state index in [9.17, 15) is 19.8 Å². The number of hydrogen-bond acceptors (Lipinski definition) is 6. The van der Waals surface area contributed by atoms with Crippen LogP contribution in [0, 0.1) is 0 Å². The second-order valence-electron chi connectivity index (χ2n) is 4.63. The fourth-order valence-corrected chi connectivity index (χ4v) is 2.67. The minimum atomic E-state index is -1.08. The molecule has 6 heteroatoms. The normalized spacial score (nSPS) is 16.4. The van der Waals surface area contributed by atoms with Gasteiger partial charge >= 0.3 is 5.97 Å². The van der Waals surface area contributed by atoms with Crippen LogP contribution < -0.4 is 0 Å². The lowest BCUT2D eigenvalue weighted by Gasteiger charge is -2.18. The Morgan fingerprint density at radius 1 is 1.45 bits per heavy atom. The molecule has 2 atom stereocenters. The molecule has 0 radical (unpaired) electrons. The van der Waals surface area contributed by atoms with Gasteiger partial charge in [0.15, 0.2) is 5.12 Å². The lowest BCUT2D eigenvalue weighted by Crippen LogP contribution is -2.19. The third-order valence-electron chi connectivity index (χ3n) is 3.14. The fourth-order valence-electron chi connectivity index (χ4n) is 2.02. The van der Waals surface area contributed by atoms with Gasteiger partial charge in [-0.3, -0.25) is 4.79 Å². The molecule has 2 unspecified atom stereocenters. The molecule has 5 nitrogen and oxygen atoms in total. The molecule has 0 aromatic heterocycles. The predicted octanol–water partition coefficient (Wildman–Crippen LogP) is 1.42. The van der Waals surface area contributed by atoms with Crippen molar-refractivity contribution in [1.82, 2.24) is 0 Å². The Labute approximate surface area is 120 Å². The number of rotatable bonds is 5. The lowest BCUT2D eigenvalue weighted by molar-refractivity contribution is -0.109.